The zero-order chi connectivity index (χ0) is 20.5. The first kappa shape index (κ1) is 18.3. The van der Waals surface area contributed by atoms with Crippen LogP contribution in [0, 0.1) is 13.8 Å². The van der Waals surface area contributed by atoms with Gasteiger partial charge in [-0.25, -0.2) is 4.98 Å². The minimum absolute atomic E-state index is 0.746. The number of aryl methyl sites for hydroxylation is 2. The highest BCUT2D eigenvalue weighted by molar-refractivity contribution is 5.86. The molecule has 0 radical (unpaired) electrons. The van der Waals surface area contributed by atoms with Crippen LogP contribution in [0.3, 0.4) is 0 Å². The summed E-state index contributed by atoms with van der Waals surface area (Å²) in [4.78, 5) is 17.7. The molecule has 1 N–H and O–H groups in total. The van der Waals surface area contributed by atoms with Crippen molar-refractivity contribution in [1.82, 2.24) is 19.9 Å². The summed E-state index contributed by atoms with van der Waals surface area (Å²) in [5.41, 5.74) is 8.28. The minimum Gasteiger partial charge on any atom is -0.340 e. The highest BCUT2D eigenvalue weighted by Gasteiger charge is 2.16. The Balaban J connectivity index is 1.64. The molecule has 30 heavy (non-hydrogen) atoms. The van der Waals surface area contributed by atoms with E-state index in [1.807, 2.05) is 43.5 Å². The Hall–Kier alpha value is -3.79. The summed E-state index contributed by atoms with van der Waals surface area (Å²) >= 11 is 0. The van der Waals surface area contributed by atoms with E-state index in [0.29, 0.717) is 0 Å². The molecule has 0 fully saturated rings. The zero-order valence-corrected chi connectivity index (χ0v) is 17.1. The molecule has 0 atom stereocenters. The van der Waals surface area contributed by atoms with Crippen molar-refractivity contribution in [2.75, 3.05) is 0 Å². The van der Waals surface area contributed by atoms with Crippen LogP contribution in [0.5, 0.6) is 0 Å². The van der Waals surface area contributed by atoms with Crippen LogP contribution < -0.4 is 0 Å². The van der Waals surface area contributed by atoms with Gasteiger partial charge in [-0.15, -0.1) is 0 Å². The molecule has 0 spiro atoms. The van der Waals surface area contributed by atoms with Gasteiger partial charge in [0.2, 0.25) is 0 Å². The quantitative estimate of drug-likeness (QED) is 0.416. The Bertz CT molecular complexity index is 1350. The van der Waals surface area contributed by atoms with Crippen LogP contribution in [-0.2, 0) is 6.42 Å². The molecule has 0 amide bonds. The molecule has 4 heteroatoms. The molecule has 0 saturated carbocycles. The molecule has 0 saturated heterocycles. The molecule has 0 aliphatic carbocycles. The number of nitrogens with one attached hydrogen (secondary N) is 1. The monoisotopic (exact) mass is 390 g/mol. The number of hydrogen-bond donors (Lipinski definition) is 1. The lowest BCUT2D eigenvalue weighted by atomic mass is 10.1. The number of rotatable bonds is 4. The fourth-order valence-corrected chi connectivity index (χ4v) is 3.82. The van der Waals surface area contributed by atoms with E-state index >= 15 is 0 Å². The number of benzene rings is 2. The van der Waals surface area contributed by atoms with Crippen LogP contribution in [0.4, 0.5) is 0 Å². The third kappa shape index (κ3) is 3.60. The lowest BCUT2D eigenvalue weighted by Gasteiger charge is -2.05. The molecule has 3 heterocycles. The normalized spacial score (nSPS) is 11.1. The number of fused-ring (bicyclic) bond motifs is 1. The molecule has 5 rings (SSSR count). The first-order chi connectivity index (χ1) is 14.7. The molecule has 2 aromatic carbocycles. The maximum absolute atomic E-state index is 5.00. The van der Waals surface area contributed by atoms with Gasteiger partial charge in [0.1, 0.15) is 5.82 Å². The summed E-state index contributed by atoms with van der Waals surface area (Å²) in [6.45, 7) is 4.12. The predicted octanol–water partition coefficient (Wildman–Crippen LogP) is 5.89. The molecule has 0 bridgehead atoms. The van der Waals surface area contributed by atoms with Crippen molar-refractivity contribution in [2.45, 2.75) is 20.3 Å². The van der Waals surface area contributed by atoms with E-state index in [1.54, 1.807) is 0 Å². The molecule has 0 unspecified atom stereocenters. The molecular weight excluding hydrogens is 368 g/mol. The highest BCUT2D eigenvalue weighted by Crippen LogP contribution is 2.31. The lowest BCUT2D eigenvalue weighted by molar-refractivity contribution is 1.02. The standard InChI is InChI=1S/C26H22N4/c1-17-6-3-8-19(14-17)15-24-29-25(26(30-24)23-10-4-7-18(2)28-23)21-11-12-22-20(16-21)9-5-13-27-22/h3-14,16H,15H2,1-2H3,(H,29,30). The van der Waals surface area contributed by atoms with E-state index < -0.39 is 0 Å². The second-order valence-corrected chi connectivity index (χ2v) is 7.65. The lowest BCUT2D eigenvalue weighted by Crippen LogP contribution is -1.92. The third-order valence-corrected chi connectivity index (χ3v) is 5.23. The maximum Gasteiger partial charge on any atom is 0.111 e. The van der Waals surface area contributed by atoms with E-state index in [1.165, 1.54) is 11.1 Å². The van der Waals surface area contributed by atoms with Crippen LogP contribution >= 0.6 is 0 Å². The number of aromatic amines is 1. The van der Waals surface area contributed by atoms with Gasteiger partial charge < -0.3 is 4.98 Å². The van der Waals surface area contributed by atoms with Crippen molar-refractivity contribution in [3.8, 4) is 22.6 Å². The van der Waals surface area contributed by atoms with Crippen molar-refractivity contribution in [3.05, 3.63) is 102 Å². The number of H-pyrrole nitrogens is 1. The number of hydrogen-bond acceptors (Lipinski definition) is 3. The van der Waals surface area contributed by atoms with Gasteiger partial charge in [-0.2, -0.15) is 0 Å². The third-order valence-electron chi connectivity index (χ3n) is 5.23. The second-order valence-electron chi connectivity index (χ2n) is 7.65. The number of nitrogens with zero attached hydrogens (tertiary/aromatic N) is 3. The van der Waals surface area contributed by atoms with Crippen molar-refractivity contribution in [3.63, 3.8) is 0 Å². The Labute approximate surface area is 175 Å². The molecule has 3 aromatic heterocycles. The van der Waals surface area contributed by atoms with E-state index in [4.69, 9.17) is 9.97 Å². The van der Waals surface area contributed by atoms with Crippen molar-refractivity contribution in [1.29, 1.82) is 0 Å². The summed E-state index contributed by atoms with van der Waals surface area (Å²) in [7, 11) is 0. The number of pyridine rings is 2. The molecule has 146 valence electrons. The first-order valence-corrected chi connectivity index (χ1v) is 10.1. The van der Waals surface area contributed by atoms with Crippen molar-refractivity contribution >= 4 is 10.9 Å². The average Bonchev–Trinajstić information content (AvgIpc) is 3.17. The van der Waals surface area contributed by atoms with Gasteiger partial charge in [0, 0.05) is 29.3 Å². The average molecular weight is 390 g/mol. The van der Waals surface area contributed by atoms with Crippen LogP contribution in [0.2, 0.25) is 0 Å². The Morgan fingerprint density at radius 2 is 1.73 bits per heavy atom. The molecule has 0 aliphatic rings. The van der Waals surface area contributed by atoms with Gasteiger partial charge in [0.05, 0.1) is 22.6 Å². The van der Waals surface area contributed by atoms with E-state index in [0.717, 1.165) is 51.5 Å². The van der Waals surface area contributed by atoms with Crippen LogP contribution in [0.15, 0.2) is 79.0 Å². The Morgan fingerprint density at radius 1 is 0.833 bits per heavy atom. The van der Waals surface area contributed by atoms with Gasteiger partial charge in [-0.05, 0) is 49.7 Å². The zero-order valence-electron chi connectivity index (χ0n) is 17.1. The van der Waals surface area contributed by atoms with Gasteiger partial charge in [-0.3, -0.25) is 9.97 Å². The largest absolute Gasteiger partial charge is 0.340 e. The SMILES string of the molecule is Cc1cccc(Cc2nc(-c3ccc4ncccc4c3)c(-c3cccc(C)n3)[nH]2)c1. The van der Waals surface area contributed by atoms with Crippen LogP contribution in [0.1, 0.15) is 22.6 Å². The number of imidazole rings is 1. The topological polar surface area (TPSA) is 54.5 Å². The van der Waals surface area contributed by atoms with Gasteiger partial charge in [0.25, 0.3) is 0 Å². The molecule has 4 nitrogen and oxygen atoms in total. The van der Waals surface area contributed by atoms with E-state index in [9.17, 15) is 0 Å². The van der Waals surface area contributed by atoms with Crippen molar-refractivity contribution in [2.24, 2.45) is 0 Å². The second kappa shape index (κ2) is 7.56. The van der Waals surface area contributed by atoms with Gasteiger partial charge in [0.15, 0.2) is 0 Å². The smallest absolute Gasteiger partial charge is 0.111 e. The predicted molar refractivity (Wildman–Crippen MR) is 121 cm³/mol. The Morgan fingerprint density at radius 3 is 2.60 bits per heavy atom. The first-order valence-electron chi connectivity index (χ1n) is 10.1. The fraction of sp³-hybridized carbons (Fsp3) is 0.115. The summed E-state index contributed by atoms with van der Waals surface area (Å²) in [5.74, 6) is 0.931. The minimum atomic E-state index is 0.746. The van der Waals surface area contributed by atoms with Gasteiger partial charge >= 0.3 is 0 Å². The van der Waals surface area contributed by atoms with E-state index in [-0.39, 0.29) is 0 Å². The molecule has 0 aliphatic heterocycles. The maximum atomic E-state index is 5.00. The van der Waals surface area contributed by atoms with E-state index in [2.05, 4.69) is 59.4 Å². The summed E-state index contributed by atoms with van der Waals surface area (Å²) in [6, 6.07) is 24.9. The molecular formula is C26H22N4. The highest BCUT2D eigenvalue weighted by atomic mass is 15.0. The summed E-state index contributed by atoms with van der Waals surface area (Å²) in [6.07, 6.45) is 2.56. The molecule has 5 aromatic rings. The van der Waals surface area contributed by atoms with Crippen LogP contribution in [-0.4, -0.2) is 19.9 Å². The van der Waals surface area contributed by atoms with Crippen molar-refractivity contribution < 1.29 is 0 Å². The Kier molecular flexibility index (Phi) is 4.60. The number of aromatic nitrogens is 4. The summed E-state index contributed by atoms with van der Waals surface area (Å²) < 4.78 is 0. The van der Waals surface area contributed by atoms with Crippen LogP contribution in [0.25, 0.3) is 33.5 Å². The summed E-state index contributed by atoms with van der Waals surface area (Å²) in [5, 5.41) is 1.10. The fourth-order valence-electron chi connectivity index (χ4n) is 3.82. The van der Waals surface area contributed by atoms with Gasteiger partial charge in [-0.1, -0.05) is 48.0 Å².